The fourth-order valence-electron chi connectivity index (χ4n) is 2.52. The van der Waals surface area contributed by atoms with Crippen molar-refractivity contribution in [2.75, 3.05) is 24.6 Å². The van der Waals surface area contributed by atoms with Crippen molar-refractivity contribution in [1.82, 2.24) is 10.6 Å². The highest BCUT2D eigenvalue weighted by Gasteiger charge is 2.31. The number of thioether (sulfide) groups is 1. The molecule has 1 heterocycles. The van der Waals surface area contributed by atoms with E-state index in [-0.39, 0.29) is 6.03 Å². The Morgan fingerprint density at radius 2 is 2.00 bits per heavy atom. The summed E-state index contributed by atoms with van der Waals surface area (Å²) >= 11 is 1.74. The van der Waals surface area contributed by atoms with Gasteiger partial charge in [-0.2, -0.15) is 11.8 Å². The molecule has 1 unspecified atom stereocenters. The van der Waals surface area contributed by atoms with Crippen molar-refractivity contribution in [3.8, 4) is 0 Å². The van der Waals surface area contributed by atoms with Crippen molar-refractivity contribution < 1.29 is 9.90 Å². The van der Waals surface area contributed by atoms with Crippen LogP contribution in [-0.4, -0.2) is 41.3 Å². The summed E-state index contributed by atoms with van der Waals surface area (Å²) in [6.45, 7) is 1.04. The normalized spacial score (nSPS) is 20.8. The van der Waals surface area contributed by atoms with E-state index in [0.29, 0.717) is 18.8 Å². The van der Waals surface area contributed by atoms with Crippen molar-refractivity contribution in [3.05, 3.63) is 35.9 Å². The van der Waals surface area contributed by atoms with Gasteiger partial charge in [-0.05, 0) is 37.0 Å². The number of carbonyl (C=O) groups is 1. The average Bonchev–Trinajstić information content (AvgIpc) is 2.97. The zero-order chi connectivity index (χ0) is 15.7. The predicted octanol–water partition coefficient (Wildman–Crippen LogP) is 2.57. The Hall–Kier alpha value is -1.20. The van der Waals surface area contributed by atoms with Gasteiger partial charge in [0.1, 0.15) is 0 Å². The Bertz CT molecular complexity index is 447. The molecule has 1 aliphatic rings. The summed E-state index contributed by atoms with van der Waals surface area (Å²) in [7, 11) is 0. The van der Waals surface area contributed by atoms with E-state index in [2.05, 4.69) is 34.9 Å². The number of urea groups is 1. The maximum atomic E-state index is 11.7. The first-order valence-corrected chi connectivity index (χ1v) is 9.19. The van der Waals surface area contributed by atoms with Gasteiger partial charge < -0.3 is 15.7 Å². The number of aryl methyl sites for hydroxylation is 1. The summed E-state index contributed by atoms with van der Waals surface area (Å²) in [5.74, 6) is 1.69. The lowest BCUT2D eigenvalue weighted by Crippen LogP contribution is -2.46. The van der Waals surface area contributed by atoms with E-state index in [1.807, 2.05) is 6.07 Å². The minimum Gasteiger partial charge on any atom is -0.387 e. The topological polar surface area (TPSA) is 61.4 Å². The number of aliphatic hydroxyl groups is 1. The maximum Gasteiger partial charge on any atom is 0.314 e. The van der Waals surface area contributed by atoms with Gasteiger partial charge in [0.25, 0.3) is 0 Å². The van der Waals surface area contributed by atoms with Crippen molar-refractivity contribution in [2.45, 2.75) is 37.7 Å². The second-order valence-electron chi connectivity index (χ2n) is 5.93. The molecule has 0 aromatic heterocycles. The fourth-order valence-corrected chi connectivity index (χ4v) is 3.82. The third kappa shape index (κ3) is 6.28. The number of hydrogen-bond donors (Lipinski definition) is 3. The summed E-state index contributed by atoms with van der Waals surface area (Å²) in [4.78, 5) is 11.7. The molecule has 1 saturated heterocycles. The van der Waals surface area contributed by atoms with Crippen LogP contribution in [0.1, 0.15) is 31.2 Å². The zero-order valence-electron chi connectivity index (χ0n) is 13.0. The van der Waals surface area contributed by atoms with E-state index < -0.39 is 5.60 Å². The first kappa shape index (κ1) is 17.2. The van der Waals surface area contributed by atoms with Crippen LogP contribution in [0.4, 0.5) is 4.79 Å². The van der Waals surface area contributed by atoms with Gasteiger partial charge in [0, 0.05) is 18.8 Å². The number of rotatable bonds is 8. The number of benzene rings is 1. The molecule has 5 heteroatoms. The van der Waals surface area contributed by atoms with Crippen LogP contribution in [0.15, 0.2) is 30.3 Å². The maximum absolute atomic E-state index is 11.7. The predicted molar refractivity (Wildman–Crippen MR) is 92.3 cm³/mol. The highest BCUT2D eigenvalue weighted by atomic mass is 32.2. The Balaban J connectivity index is 1.47. The smallest absolute Gasteiger partial charge is 0.314 e. The molecule has 122 valence electrons. The Morgan fingerprint density at radius 3 is 2.73 bits per heavy atom. The summed E-state index contributed by atoms with van der Waals surface area (Å²) < 4.78 is 0. The minimum absolute atomic E-state index is 0.173. The third-order valence-electron chi connectivity index (χ3n) is 3.93. The van der Waals surface area contributed by atoms with E-state index in [1.54, 1.807) is 11.8 Å². The molecular formula is C17H26N2O2S. The SMILES string of the molecule is O=C(NCCCCCc1ccccc1)NCC1(O)CCSC1. The van der Waals surface area contributed by atoms with Gasteiger partial charge in [-0.3, -0.25) is 0 Å². The minimum atomic E-state index is -0.711. The van der Waals surface area contributed by atoms with Crippen LogP contribution in [0, 0.1) is 0 Å². The number of unbranched alkanes of at least 4 members (excludes halogenated alkanes) is 2. The molecule has 2 rings (SSSR count). The monoisotopic (exact) mass is 322 g/mol. The number of hydrogen-bond acceptors (Lipinski definition) is 3. The molecule has 1 aromatic carbocycles. The van der Waals surface area contributed by atoms with Crippen LogP contribution < -0.4 is 10.6 Å². The fraction of sp³-hybridized carbons (Fsp3) is 0.588. The van der Waals surface area contributed by atoms with Crippen LogP contribution >= 0.6 is 11.8 Å². The molecular weight excluding hydrogens is 296 g/mol. The van der Waals surface area contributed by atoms with Crippen molar-refractivity contribution in [2.24, 2.45) is 0 Å². The second kappa shape index (κ2) is 9.06. The first-order chi connectivity index (χ1) is 10.7. The van der Waals surface area contributed by atoms with E-state index in [0.717, 1.165) is 37.9 Å². The largest absolute Gasteiger partial charge is 0.387 e. The Kier molecular flexibility index (Phi) is 7.06. The van der Waals surface area contributed by atoms with Gasteiger partial charge in [-0.1, -0.05) is 36.8 Å². The van der Waals surface area contributed by atoms with E-state index in [9.17, 15) is 9.90 Å². The average molecular weight is 322 g/mol. The molecule has 0 radical (unpaired) electrons. The quantitative estimate of drug-likeness (QED) is 0.645. The van der Waals surface area contributed by atoms with Gasteiger partial charge in [0.05, 0.1) is 5.60 Å². The van der Waals surface area contributed by atoms with Crippen LogP contribution in [0.3, 0.4) is 0 Å². The molecule has 0 aliphatic carbocycles. The second-order valence-corrected chi connectivity index (χ2v) is 7.04. The Labute approximate surface area is 137 Å². The highest BCUT2D eigenvalue weighted by Crippen LogP contribution is 2.26. The van der Waals surface area contributed by atoms with Crippen molar-refractivity contribution >= 4 is 17.8 Å². The molecule has 3 N–H and O–H groups in total. The van der Waals surface area contributed by atoms with Gasteiger partial charge in [-0.15, -0.1) is 0 Å². The molecule has 22 heavy (non-hydrogen) atoms. The molecule has 1 aliphatic heterocycles. The van der Waals surface area contributed by atoms with E-state index in [4.69, 9.17) is 0 Å². The standard InChI is InChI=1S/C17H26N2O2S/c20-16(19-13-17(21)10-12-22-14-17)18-11-6-2-5-9-15-7-3-1-4-8-15/h1,3-4,7-8,21H,2,5-6,9-14H2,(H2,18,19,20). The summed E-state index contributed by atoms with van der Waals surface area (Å²) in [6.07, 6.45) is 5.09. The molecule has 1 fully saturated rings. The van der Waals surface area contributed by atoms with Crippen molar-refractivity contribution in [1.29, 1.82) is 0 Å². The molecule has 1 atom stereocenters. The highest BCUT2D eigenvalue weighted by molar-refractivity contribution is 7.99. The van der Waals surface area contributed by atoms with Crippen molar-refractivity contribution in [3.63, 3.8) is 0 Å². The van der Waals surface area contributed by atoms with Gasteiger partial charge in [-0.25, -0.2) is 4.79 Å². The number of amides is 2. The number of nitrogens with one attached hydrogen (secondary N) is 2. The van der Waals surface area contributed by atoms with E-state index >= 15 is 0 Å². The first-order valence-electron chi connectivity index (χ1n) is 8.04. The summed E-state index contributed by atoms with van der Waals surface area (Å²) in [5, 5.41) is 15.7. The van der Waals surface area contributed by atoms with Crippen LogP contribution in [0.2, 0.25) is 0 Å². The molecule has 0 bridgehead atoms. The summed E-state index contributed by atoms with van der Waals surface area (Å²) in [5.41, 5.74) is 0.661. The number of carbonyl (C=O) groups excluding carboxylic acids is 1. The Morgan fingerprint density at radius 1 is 1.18 bits per heavy atom. The molecule has 0 spiro atoms. The molecule has 4 nitrogen and oxygen atoms in total. The third-order valence-corrected chi connectivity index (χ3v) is 5.17. The van der Waals surface area contributed by atoms with E-state index in [1.165, 1.54) is 5.56 Å². The van der Waals surface area contributed by atoms with Crippen LogP contribution in [0.25, 0.3) is 0 Å². The molecule has 2 amide bonds. The van der Waals surface area contributed by atoms with Crippen LogP contribution in [0.5, 0.6) is 0 Å². The lowest BCUT2D eigenvalue weighted by molar-refractivity contribution is 0.0700. The molecule has 1 aromatic rings. The lowest BCUT2D eigenvalue weighted by atomic mass is 10.0. The zero-order valence-corrected chi connectivity index (χ0v) is 13.8. The van der Waals surface area contributed by atoms with Gasteiger partial charge in [0.15, 0.2) is 0 Å². The summed E-state index contributed by atoms with van der Waals surface area (Å²) in [6, 6.07) is 10.3. The lowest BCUT2D eigenvalue weighted by Gasteiger charge is -2.21. The van der Waals surface area contributed by atoms with Gasteiger partial charge in [0.2, 0.25) is 0 Å². The molecule has 0 saturated carbocycles. The van der Waals surface area contributed by atoms with Gasteiger partial charge >= 0.3 is 6.03 Å². The van der Waals surface area contributed by atoms with Crippen LogP contribution in [-0.2, 0) is 6.42 Å².